The molecule has 1 heterocycles. The van der Waals surface area contributed by atoms with E-state index in [1.165, 1.54) is 0 Å². The molecule has 1 aromatic heterocycles. The second kappa shape index (κ2) is 6.09. The van der Waals surface area contributed by atoms with Gasteiger partial charge in [0.2, 0.25) is 0 Å². The molecule has 0 aliphatic carbocycles. The smallest absolute Gasteiger partial charge is 0.0724 e. The summed E-state index contributed by atoms with van der Waals surface area (Å²) in [5.41, 5.74) is 8.64. The molecule has 0 unspecified atom stereocenters. The van der Waals surface area contributed by atoms with Crippen LogP contribution in [0.25, 0.3) is 10.9 Å². The van der Waals surface area contributed by atoms with E-state index in [2.05, 4.69) is 24.1 Å². The van der Waals surface area contributed by atoms with Gasteiger partial charge in [0.25, 0.3) is 0 Å². The van der Waals surface area contributed by atoms with Crippen molar-refractivity contribution in [1.29, 1.82) is 0 Å². The molecule has 0 radical (unpaired) electrons. The zero-order chi connectivity index (χ0) is 14.6. The minimum atomic E-state index is -0.0870. The van der Waals surface area contributed by atoms with Crippen LogP contribution in [-0.4, -0.2) is 23.2 Å². The van der Waals surface area contributed by atoms with E-state index in [4.69, 9.17) is 5.73 Å². The largest absolute Gasteiger partial charge is 0.397 e. The third kappa shape index (κ3) is 2.70. The Morgan fingerprint density at radius 2 is 2.00 bits per heavy atom. The second-order valence-electron chi connectivity index (χ2n) is 5.32. The molecule has 0 spiro atoms. The normalized spacial score (nSPS) is 11.8. The predicted octanol–water partition coefficient (Wildman–Crippen LogP) is 3.03. The Kier molecular flexibility index (Phi) is 4.45. The Bertz CT molecular complexity index is 571. The van der Waals surface area contributed by atoms with Gasteiger partial charge in [0.15, 0.2) is 0 Å². The molecule has 108 valence electrons. The Morgan fingerprint density at radius 1 is 1.25 bits per heavy atom. The third-order valence-corrected chi connectivity index (χ3v) is 4.32. The molecule has 0 aliphatic heterocycles. The highest BCUT2D eigenvalue weighted by Gasteiger charge is 2.25. The van der Waals surface area contributed by atoms with Crippen LogP contribution in [0.1, 0.15) is 26.7 Å². The van der Waals surface area contributed by atoms with Gasteiger partial charge in [-0.05, 0) is 37.1 Å². The fraction of sp³-hybridized carbons (Fsp3) is 0.438. The molecule has 4 N–H and O–H groups in total. The lowest BCUT2D eigenvalue weighted by molar-refractivity contribution is 0.127. The van der Waals surface area contributed by atoms with E-state index in [0.29, 0.717) is 6.54 Å². The van der Waals surface area contributed by atoms with Crippen molar-refractivity contribution in [2.24, 2.45) is 5.41 Å². The van der Waals surface area contributed by atoms with Gasteiger partial charge < -0.3 is 16.2 Å². The Morgan fingerprint density at radius 3 is 2.65 bits per heavy atom. The highest BCUT2D eigenvalue weighted by atomic mass is 16.3. The second-order valence-corrected chi connectivity index (χ2v) is 5.32. The van der Waals surface area contributed by atoms with E-state index in [0.717, 1.165) is 35.1 Å². The van der Waals surface area contributed by atoms with Gasteiger partial charge in [0, 0.05) is 23.5 Å². The number of hydrogen-bond donors (Lipinski definition) is 3. The van der Waals surface area contributed by atoms with E-state index in [1.807, 2.05) is 24.3 Å². The monoisotopic (exact) mass is 273 g/mol. The lowest BCUT2D eigenvalue weighted by Crippen LogP contribution is -2.32. The lowest BCUT2D eigenvalue weighted by Gasteiger charge is -2.30. The molecule has 0 saturated heterocycles. The number of anilines is 2. The number of nitrogens with one attached hydrogen (secondary N) is 1. The van der Waals surface area contributed by atoms with Crippen LogP contribution in [0, 0.1) is 5.41 Å². The first-order chi connectivity index (χ1) is 9.65. The van der Waals surface area contributed by atoms with Crippen molar-refractivity contribution in [3.63, 3.8) is 0 Å². The summed E-state index contributed by atoms with van der Waals surface area (Å²) in [6.07, 6.45) is 3.63. The highest BCUT2D eigenvalue weighted by Crippen LogP contribution is 2.30. The van der Waals surface area contributed by atoms with E-state index < -0.39 is 0 Å². The summed E-state index contributed by atoms with van der Waals surface area (Å²) in [6, 6.07) is 7.78. The van der Waals surface area contributed by atoms with Crippen molar-refractivity contribution < 1.29 is 5.11 Å². The number of aliphatic hydroxyl groups is 1. The molecule has 0 fully saturated rings. The first kappa shape index (κ1) is 14.6. The summed E-state index contributed by atoms with van der Waals surface area (Å²) in [5, 5.41) is 14.0. The summed E-state index contributed by atoms with van der Waals surface area (Å²) >= 11 is 0. The van der Waals surface area contributed by atoms with Crippen LogP contribution in [-0.2, 0) is 0 Å². The Balaban J connectivity index is 2.24. The van der Waals surface area contributed by atoms with Gasteiger partial charge in [0.1, 0.15) is 0 Å². The molecular weight excluding hydrogens is 250 g/mol. The van der Waals surface area contributed by atoms with Gasteiger partial charge in [-0.1, -0.05) is 13.8 Å². The summed E-state index contributed by atoms with van der Waals surface area (Å²) in [7, 11) is 0. The van der Waals surface area contributed by atoms with Crippen molar-refractivity contribution in [1.82, 2.24) is 4.98 Å². The van der Waals surface area contributed by atoms with E-state index in [1.54, 1.807) is 6.20 Å². The van der Waals surface area contributed by atoms with Crippen molar-refractivity contribution in [3.05, 3.63) is 30.5 Å². The quantitative estimate of drug-likeness (QED) is 0.707. The average molecular weight is 273 g/mol. The van der Waals surface area contributed by atoms with E-state index >= 15 is 0 Å². The topological polar surface area (TPSA) is 71.2 Å². The van der Waals surface area contributed by atoms with Crippen LogP contribution >= 0.6 is 0 Å². The molecule has 0 saturated carbocycles. The SMILES string of the molecule is CCC(CC)(CO)CNc1ccc2ncccc2c1N. The maximum Gasteiger partial charge on any atom is 0.0724 e. The molecule has 0 amide bonds. The van der Waals surface area contributed by atoms with Crippen LogP contribution in [0.15, 0.2) is 30.5 Å². The average Bonchev–Trinajstić information content (AvgIpc) is 2.51. The lowest BCUT2D eigenvalue weighted by atomic mass is 9.83. The van der Waals surface area contributed by atoms with Crippen molar-refractivity contribution in [2.75, 3.05) is 24.2 Å². The highest BCUT2D eigenvalue weighted by molar-refractivity contribution is 5.96. The molecule has 0 atom stereocenters. The van der Waals surface area contributed by atoms with Crippen LogP contribution in [0.2, 0.25) is 0 Å². The molecule has 20 heavy (non-hydrogen) atoms. The number of nitrogens with two attached hydrogens (primary N) is 1. The van der Waals surface area contributed by atoms with Crippen molar-refractivity contribution in [3.8, 4) is 0 Å². The summed E-state index contributed by atoms with van der Waals surface area (Å²) in [6.45, 7) is 5.11. The van der Waals surface area contributed by atoms with Gasteiger partial charge in [0.05, 0.1) is 23.5 Å². The van der Waals surface area contributed by atoms with Gasteiger partial charge in [-0.2, -0.15) is 0 Å². The van der Waals surface area contributed by atoms with Gasteiger partial charge >= 0.3 is 0 Å². The molecule has 2 aromatic rings. The first-order valence-corrected chi connectivity index (χ1v) is 7.13. The summed E-state index contributed by atoms with van der Waals surface area (Å²) in [4.78, 5) is 4.29. The predicted molar refractivity (Wildman–Crippen MR) is 84.7 cm³/mol. The Labute approximate surface area is 120 Å². The fourth-order valence-corrected chi connectivity index (χ4v) is 2.39. The Hall–Kier alpha value is -1.81. The standard InChI is InChI=1S/C16H23N3O/c1-3-16(4-2,11-20)10-19-14-8-7-13-12(15(14)17)6-5-9-18-13/h5-9,19-20H,3-4,10-11,17H2,1-2H3. The molecule has 1 aromatic carbocycles. The number of hydrogen-bond acceptors (Lipinski definition) is 4. The zero-order valence-corrected chi connectivity index (χ0v) is 12.2. The van der Waals surface area contributed by atoms with Crippen LogP contribution in [0.3, 0.4) is 0 Å². The third-order valence-electron chi connectivity index (χ3n) is 4.32. The number of aromatic nitrogens is 1. The van der Waals surface area contributed by atoms with Crippen LogP contribution < -0.4 is 11.1 Å². The number of benzene rings is 1. The van der Waals surface area contributed by atoms with Crippen LogP contribution in [0.4, 0.5) is 11.4 Å². The molecule has 0 bridgehead atoms. The van der Waals surface area contributed by atoms with E-state index in [9.17, 15) is 5.11 Å². The molecule has 2 rings (SSSR count). The maximum atomic E-state index is 9.61. The van der Waals surface area contributed by atoms with E-state index in [-0.39, 0.29) is 12.0 Å². The molecule has 4 nitrogen and oxygen atoms in total. The number of pyridine rings is 1. The number of nitrogen functional groups attached to an aromatic ring is 1. The van der Waals surface area contributed by atoms with Gasteiger partial charge in [-0.15, -0.1) is 0 Å². The summed E-state index contributed by atoms with van der Waals surface area (Å²) in [5.74, 6) is 0. The minimum Gasteiger partial charge on any atom is -0.397 e. The maximum absolute atomic E-state index is 9.61. The fourth-order valence-electron chi connectivity index (χ4n) is 2.39. The van der Waals surface area contributed by atoms with Gasteiger partial charge in [-0.25, -0.2) is 0 Å². The number of fused-ring (bicyclic) bond motifs is 1. The minimum absolute atomic E-state index is 0.0870. The first-order valence-electron chi connectivity index (χ1n) is 7.13. The summed E-state index contributed by atoms with van der Waals surface area (Å²) < 4.78 is 0. The number of rotatable bonds is 6. The molecule has 0 aliphatic rings. The van der Waals surface area contributed by atoms with Crippen molar-refractivity contribution in [2.45, 2.75) is 26.7 Å². The van der Waals surface area contributed by atoms with Crippen molar-refractivity contribution >= 4 is 22.3 Å². The van der Waals surface area contributed by atoms with Gasteiger partial charge in [-0.3, -0.25) is 4.98 Å². The number of aliphatic hydroxyl groups excluding tert-OH is 1. The van der Waals surface area contributed by atoms with Crippen LogP contribution in [0.5, 0.6) is 0 Å². The zero-order valence-electron chi connectivity index (χ0n) is 12.2. The molecule has 4 heteroatoms. The number of nitrogens with zero attached hydrogens (tertiary/aromatic N) is 1. The molecular formula is C16H23N3O.